The fourth-order valence-electron chi connectivity index (χ4n) is 2.68. The zero-order valence-corrected chi connectivity index (χ0v) is 12.2. The fourth-order valence-corrected chi connectivity index (χ4v) is 2.68. The summed E-state index contributed by atoms with van der Waals surface area (Å²) >= 11 is 0. The van der Waals surface area contributed by atoms with Crippen molar-refractivity contribution in [2.24, 2.45) is 5.73 Å². The van der Waals surface area contributed by atoms with Gasteiger partial charge >= 0.3 is 0 Å². The average Bonchev–Trinajstić information content (AvgIpc) is 2.48. The van der Waals surface area contributed by atoms with Crippen LogP contribution in [0.25, 0.3) is 0 Å². The first-order valence-corrected chi connectivity index (χ1v) is 7.67. The highest BCUT2D eigenvalue weighted by molar-refractivity contribution is 5.15. The summed E-state index contributed by atoms with van der Waals surface area (Å²) in [6, 6.07) is 6.86. The standard InChI is InChI=1S/C16H26FN3/c17-16-6-4-15(5-7-16)14-20-12-10-19(11-13-20)9-3-1-2-8-18/h4-7H,1-3,8-14,18H2. The Hall–Kier alpha value is -0.970. The van der Waals surface area contributed by atoms with Gasteiger partial charge in [0.15, 0.2) is 0 Å². The molecule has 2 N–H and O–H groups in total. The molecule has 1 aromatic carbocycles. The largest absolute Gasteiger partial charge is 0.330 e. The van der Waals surface area contributed by atoms with Gasteiger partial charge in [-0.15, -0.1) is 0 Å². The van der Waals surface area contributed by atoms with Gasteiger partial charge in [-0.2, -0.15) is 0 Å². The molecule has 0 radical (unpaired) electrons. The number of rotatable bonds is 7. The van der Waals surface area contributed by atoms with E-state index < -0.39 is 0 Å². The van der Waals surface area contributed by atoms with Crippen LogP contribution in [-0.4, -0.2) is 49.1 Å². The first-order chi connectivity index (χ1) is 9.78. The van der Waals surface area contributed by atoms with Crippen LogP contribution >= 0.6 is 0 Å². The van der Waals surface area contributed by atoms with E-state index in [1.54, 1.807) is 12.1 Å². The third-order valence-corrected chi connectivity index (χ3v) is 3.96. The summed E-state index contributed by atoms with van der Waals surface area (Å²) in [7, 11) is 0. The summed E-state index contributed by atoms with van der Waals surface area (Å²) in [6.45, 7) is 7.44. The van der Waals surface area contributed by atoms with Crippen LogP contribution in [0.5, 0.6) is 0 Å². The van der Waals surface area contributed by atoms with Gasteiger partial charge in [0.05, 0.1) is 0 Å². The Labute approximate surface area is 121 Å². The van der Waals surface area contributed by atoms with Gasteiger partial charge in [0.2, 0.25) is 0 Å². The van der Waals surface area contributed by atoms with E-state index in [-0.39, 0.29) is 5.82 Å². The van der Waals surface area contributed by atoms with Crippen molar-refractivity contribution in [1.82, 2.24) is 9.80 Å². The van der Waals surface area contributed by atoms with Gasteiger partial charge in [-0.25, -0.2) is 4.39 Å². The van der Waals surface area contributed by atoms with Crippen LogP contribution in [0.1, 0.15) is 24.8 Å². The minimum Gasteiger partial charge on any atom is -0.330 e. The van der Waals surface area contributed by atoms with Crippen LogP contribution in [0.3, 0.4) is 0 Å². The molecule has 0 amide bonds. The van der Waals surface area contributed by atoms with Crippen molar-refractivity contribution in [3.8, 4) is 0 Å². The molecule has 0 aliphatic carbocycles. The van der Waals surface area contributed by atoms with Crippen molar-refractivity contribution in [2.45, 2.75) is 25.8 Å². The van der Waals surface area contributed by atoms with E-state index in [9.17, 15) is 4.39 Å². The van der Waals surface area contributed by atoms with Gasteiger partial charge < -0.3 is 10.6 Å². The predicted molar refractivity (Wildman–Crippen MR) is 81.0 cm³/mol. The molecule has 1 aliphatic rings. The van der Waals surface area contributed by atoms with Crippen molar-refractivity contribution < 1.29 is 4.39 Å². The first-order valence-electron chi connectivity index (χ1n) is 7.67. The van der Waals surface area contributed by atoms with Gasteiger partial charge in [0, 0.05) is 32.7 Å². The molecule has 3 nitrogen and oxygen atoms in total. The Morgan fingerprint density at radius 2 is 1.55 bits per heavy atom. The van der Waals surface area contributed by atoms with E-state index >= 15 is 0 Å². The Morgan fingerprint density at radius 3 is 2.20 bits per heavy atom. The lowest BCUT2D eigenvalue weighted by molar-refractivity contribution is 0.125. The van der Waals surface area contributed by atoms with Crippen molar-refractivity contribution in [3.05, 3.63) is 35.6 Å². The number of benzene rings is 1. The average molecular weight is 279 g/mol. The molecule has 20 heavy (non-hydrogen) atoms. The van der Waals surface area contributed by atoms with Gasteiger partial charge in [-0.1, -0.05) is 18.6 Å². The topological polar surface area (TPSA) is 32.5 Å². The summed E-state index contributed by atoms with van der Waals surface area (Å²) in [5.41, 5.74) is 6.70. The molecule has 4 heteroatoms. The molecular formula is C16H26FN3. The normalized spacial score (nSPS) is 17.5. The number of halogens is 1. The highest BCUT2D eigenvalue weighted by atomic mass is 19.1. The van der Waals surface area contributed by atoms with Gasteiger partial charge in [-0.3, -0.25) is 4.90 Å². The third-order valence-electron chi connectivity index (χ3n) is 3.96. The maximum absolute atomic E-state index is 12.9. The molecule has 1 heterocycles. The highest BCUT2D eigenvalue weighted by Gasteiger charge is 2.16. The zero-order chi connectivity index (χ0) is 14.2. The lowest BCUT2D eigenvalue weighted by atomic mass is 10.2. The number of piperazine rings is 1. The molecule has 0 atom stereocenters. The van der Waals surface area contributed by atoms with Crippen molar-refractivity contribution in [3.63, 3.8) is 0 Å². The summed E-state index contributed by atoms with van der Waals surface area (Å²) in [4.78, 5) is 4.99. The van der Waals surface area contributed by atoms with Gasteiger partial charge in [0.25, 0.3) is 0 Å². The number of hydrogen-bond donors (Lipinski definition) is 1. The van der Waals surface area contributed by atoms with E-state index in [0.29, 0.717) is 0 Å². The molecule has 0 spiro atoms. The Morgan fingerprint density at radius 1 is 0.900 bits per heavy atom. The summed E-state index contributed by atoms with van der Waals surface area (Å²) in [5.74, 6) is -0.156. The smallest absolute Gasteiger partial charge is 0.123 e. The minimum atomic E-state index is -0.156. The molecular weight excluding hydrogens is 253 g/mol. The quantitative estimate of drug-likeness (QED) is 0.776. The number of nitrogens with two attached hydrogens (primary N) is 1. The summed E-state index contributed by atoms with van der Waals surface area (Å²) in [5, 5.41) is 0. The SMILES string of the molecule is NCCCCCN1CCN(Cc2ccc(F)cc2)CC1. The van der Waals surface area contributed by atoms with Crippen LogP contribution in [0, 0.1) is 5.82 Å². The molecule has 1 saturated heterocycles. The van der Waals surface area contributed by atoms with Crippen molar-refractivity contribution >= 4 is 0 Å². The monoisotopic (exact) mass is 279 g/mol. The van der Waals surface area contributed by atoms with Gasteiger partial charge in [-0.05, 0) is 43.6 Å². The summed E-state index contributed by atoms with van der Waals surface area (Å²) in [6.07, 6.45) is 3.64. The predicted octanol–water partition coefficient (Wildman–Crippen LogP) is 2.07. The maximum atomic E-state index is 12.9. The fraction of sp³-hybridized carbons (Fsp3) is 0.625. The molecule has 1 aliphatic heterocycles. The van der Waals surface area contributed by atoms with E-state index in [2.05, 4.69) is 9.80 Å². The van der Waals surface area contributed by atoms with Crippen molar-refractivity contribution in [2.75, 3.05) is 39.3 Å². The Kier molecular flexibility index (Phi) is 6.43. The molecule has 0 saturated carbocycles. The number of nitrogens with zero attached hydrogens (tertiary/aromatic N) is 2. The van der Waals surface area contributed by atoms with Gasteiger partial charge in [0.1, 0.15) is 5.82 Å². The Balaban J connectivity index is 1.65. The van der Waals surface area contributed by atoms with Crippen LogP contribution in [0.15, 0.2) is 24.3 Å². The minimum absolute atomic E-state index is 0.156. The molecule has 0 unspecified atom stereocenters. The first kappa shape index (κ1) is 15.4. The number of unbranched alkanes of at least 4 members (excludes halogenated alkanes) is 2. The molecule has 0 aromatic heterocycles. The molecule has 1 fully saturated rings. The van der Waals surface area contributed by atoms with Crippen LogP contribution in [0.4, 0.5) is 4.39 Å². The molecule has 2 rings (SSSR count). The summed E-state index contributed by atoms with van der Waals surface area (Å²) < 4.78 is 12.9. The Bertz CT molecular complexity index is 372. The number of hydrogen-bond acceptors (Lipinski definition) is 3. The molecule has 1 aromatic rings. The lowest BCUT2D eigenvalue weighted by Gasteiger charge is -2.34. The molecule has 0 bridgehead atoms. The van der Waals surface area contributed by atoms with E-state index in [0.717, 1.165) is 45.7 Å². The zero-order valence-electron chi connectivity index (χ0n) is 12.2. The second-order valence-corrected chi connectivity index (χ2v) is 5.59. The second kappa shape index (κ2) is 8.35. The molecule has 112 valence electrons. The van der Waals surface area contributed by atoms with E-state index in [1.165, 1.54) is 24.9 Å². The van der Waals surface area contributed by atoms with E-state index in [4.69, 9.17) is 5.73 Å². The van der Waals surface area contributed by atoms with Crippen LogP contribution in [-0.2, 0) is 6.54 Å². The third kappa shape index (κ3) is 5.19. The van der Waals surface area contributed by atoms with E-state index in [1.807, 2.05) is 12.1 Å². The van der Waals surface area contributed by atoms with Crippen molar-refractivity contribution in [1.29, 1.82) is 0 Å². The van der Waals surface area contributed by atoms with Crippen LogP contribution in [0.2, 0.25) is 0 Å². The second-order valence-electron chi connectivity index (χ2n) is 5.59. The van der Waals surface area contributed by atoms with Crippen LogP contribution < -0.4 is 5.73 Å². The lowest BCUT2D eigenvalue weighted by Crippen LogP contribution is -2.46. The maximum Gasteiger partial charge on any atom is 0.123 e. The highest BCUT2D eigenvalue weighted by Crippen LogP contribution is 2.10.